The number of carboxylic acids is 1. The molecule has 0 amide bonds. The van der Waals surface area contributed by atoms with E-state index in [1.807, 2.05) is 24.3 Å². The van der Waals surface area contributed by atoms with Gasteiger partial charge in [-0.3, -0.25) is 4.79 Å². The first-order chi connectivity index (χ1) is 15.0. The molecule has 3 aromatic carbocycles. The largest absolute Gasteiger partial charge is 0.482 e. The highest BCUT2D eigenvalue weighted by molar-refractivity contribution is 6.31. The van der Waals surface area contributed by atoms with Crippen LogP contribution in [-0.4, -0.2) is 23.5 Å². The van der Waals surface area contributed by atoms with Crippen molar-refractivity contribution in [3.8, 4) is 17.1 Å². The number of rotatable bonds is 8. The fraction of sp³-hybridized carbons (Fsp3) is 0.200. The maximum atomic E-state index is 13.1. The Morgan fingerprint density at radius 1 is 1.03 bits per heavy atom. The maximum absolute atomic E-state index is 13.1. The van der Waals surface area contributed by atoms with Crippen molar-refractivity contribution in [1.29, 1.82) is 0 Å². The summed E-state index contributed by atoms with van der Waals surface area (Å²) in [6.45, 7) is 1.66. The molecule has 1 N–H and O–H groups in total. The second kappa shape index (κ2) is 8.82. The molecule has 0 saturated heterocycles. The quantitative estimate of drug-likeness (QED) is 0.309. The van der Waals surface area contributed by atoms with Crippen molar-refractivity contribution in [1.82, 2.24) is 0 Å². The number of fused-ring (bicyclic) bond motifs is 2. The number of furan rings is 1. The van der Waals surface area contributed by atoms with Crippen molar-refractivity contribution < 1.29 is 23.8 Å². The summed E-state index contributed by atoms with van der Waals surface area (Å²) in [4.78, 5) is 23.8. The fourth-order valence-corrected chi connectivity index (χ4v) is 3.78. The first-order valence-corrected chi connectivity index (χ1v) is 10.5. The Hall–Kier alpha value is -3.31. The average molecular weight is 437 g/mol. The third kappa shape index (κ3) is 4.42. The molecule has 0 unspecified atom stereocenters. The third-order valence-corrected chi connectivity index (χ3v) is 5.36. The smallest absolute Gasteiger partial charge is 0.341 e. The van der Waals surface area contributed by atoms with Gasteiger partial charge in [0.1, 0.15) is 17.1 Å². The molecule has 0 saturated carbocycles. The second-order valence-corrected chi connectivity index (χ2v) is 7.82. The van der Waals surface area contributed by atoms with E-state index in [0.717, 1.165) is 34.6 Å². The molecule has 158 valence electrons. The van der Waals surface area contributed by atoms with Crippen LogP contribution in [0.3, 0.4) is 0 Å². The van der Waals surface area contributed by atoms with E-state index < -0.39 is 12.6 Å². The van der Waals surface area contributed by atoms with Gasteiger partial charge in [0.15, 0.2) is 12.4 Å². The second-order valence-electron chi connectivity index (χ2n) is 7.38. The number of Topliss-reactive ketones (excluding diaryl/α,β-unsaturated/α-hetero) is 1. The van der Waals surface area contributed by atoms with Crippen LogP contribution < -0.4 is 4.74 Å². The zero-order valence-electron chi connectivity index (χ0n) is 17.0. The van der Waals surface area contributed by atoms with Gasteiger partial charge < -0.3 is 14.3 Å². The number of hydrogen-bond acceptors (Lipinski definition) is 4. The lowest BCUT2D eigenvalue weighted by Crippen LogP contribution is -2.09. The number of aliphatic carboxylic acids is 1. The van der Waals surface area contributed by atoms with Gasteiger partial charge >= 0.3 is 5.97 Å². The molecular weight excluding hydrogens is 416 g/mol. The van der Waals surface area contributed by atoms with Gasteiger partial charge in [-0.2, -0.15) is 0 Å². The van der Waals surface area contributed by atoms with Crippen LogP contribution in [0.15, 0.2) is 59.0 Å². The first-order valence-electron chi connectivity index (χ1n) is 10.1. The Morgan fingerprint density at radius 2 is 1.81 bits per heavy atom. The van der Waals surface area contributed by atoms with Crippen molar-refractivity contribution in [3.05, 3.63) is 65.2 Å². The number of carbonyl (C=O) groups is 2. The van der Waals surface area contributed by atoms with E-state index in [1.54, 1.807) is 30.3 Å². The number of halogens is 1. The van der Waals surface area contributed by atoms with Crippen LogP contribution in [0.4, 0.5) is 0 Å². The summed E-state index contributed by atoms with van der Waals surface area (Å²) in [5.74, 6) is 0.0269. The van der Waals surface area contributed by atoms with Crippen molar-refractivity contribution in [3.63, 3.8) is 0 Å². The molecule has 1 aromatic heterocycles. The van der Waals surface area contributed by atoms with E-state index in [4.69, 9.17) is 25.9 Å². The fourth-order valence-electron chi connectivity index (χ4n) is 3.61. The maximum Gasteiger partial charge on any atom is 0.341 e. The molecular formula is C25H21ClO5. The first kappa shape index (κ1) is 20.9. The van der Waals surface area contributed by atoms with Crippen molar-refractivity contribution >= 4 is 45.1 Å². The Labute approximate surface area is 184 Å². The molecule has 5 nitrogen and oxygen atoms in total. The van der Waals surface area contributed by atoms with Crippen LogP contribution in [0.5, 0.6) is 5.75 Å². The van der Waals surface area contributed by atoms with E-state index in [1.165, 1.54) is 0 Å². The van der Waals surface area contributed by atoms with Crippen LogP contribution >= 0.6 is 11.6 Å². The van der Waals surface area contributed by atoms with Gasteiger partial charge in [-0.15, -0.1) is 0 Å². The Balaban J connectivity index is 1.79. The number of carbonyl (C=O) groups excluding carboxylic acids is 1. The number of ketones is 1. The average Bonchev–Trinajstić information content (AvgIpc) is 3.14. The number of carboxylic acid groups (broad SMARTS) is 1. The van der Waals surface area contributed by atoms with E-state index in [-0.39, 0.29) is 5.78 Å². The standard InChI is InChI=1S/C25H21ClO5/c1-2-3-4-21(27)24-20-13-18(26)8-10-22(20)31-25(24)17-6-5-16-12-19(30-14-23(28)29)9-7-15(16)11-17/h5-13H,2-4,14H2,1H3,(H,28,29). The summed E-state index contributed by atoms with van der Waals surface area (Å²) in [7, 11) is 0. The highest BCUT2D eigenvalue weighted by atomic mass is 35.5. The summed E-state index contributed by atoms with van der Waals surface area (Å²) in [5.41, 5.74) is 1.97. The Kier molecular flexibility index (Phi) is 5.96. The van der Waals surface area contributed by atoms with E-state index in [2.05, 4.69) is 6.92 Å². The van der Waals surface area contributed by atoms with Crippen molar-refractivity contribution in [2.75, 3.05) is 6.61 Å². The summed E-state index contributed by atoms with van der Waals surface area (Å²) < 4.78 is 11.4. The van der Waals surface area contributed by atoms with Gasteiger partial charge in [-0.25, -0.2) is 4.79 Å². The molecule has 0 aliphatic heterocycles. The SMILES string of the molecule is CCCCC(=O)c1c(-c2ccc3cc(OCC(=O)O)ccc3c2)oc2ccc(Cl)cc12. The number of benzene rings is 3. The lowest BCUT2D eigenvalue weighted by molar-refractivity contribution is -0.139. The minimum Gasteiger partial charge on any atom is -0.482 e. The molecule has 0 bridgehead atoms. The summed E-state index contributed by atoms with van der Waals surface area (Å²) in [6.07, 6.45) is 2.19. The minimum absolute atomic E-state index is 0.0374. The third-order valence-electron chi connectivity index (χ3n) is 5.12. The summed E-state index contributed by atoms with van der Waals surface area (Å²) in [6, 6.07) is 16.4. The molecule has 0 fully saturated rings. The Bertz CT molecular complexity index is 1290. The van der Waals surface area contributed by atoms with E-state index in [9.17, 15) is 9.59 Å². The normalized spacial score (nSPS) is 11.2. The minimum atomic E-state index is -1.03. The van der Waals surface area contributed by atoms with Gasteiger partial charge in [0, 0.05) is 22.4 Å². The van der Waals surface area contributed by atoms with Crippen LogP contribution in [0.1, 0.15) is 36.5 Å². The monoisotopic (exact) mass is 436 g/mol. The zero-order valence-corrected chi connectivity index (χ0v) is 17.7. The molecule has 4 aromatic rings. The van der Waals surface area contributed by atoms with Crippen molar-refractivity contribution in [2.24, 2.45) is 0 Å². The zero-order chi connectivity index (χ0) is 22.0. The predicted molar refractivity (Wildman–Crippen MR) is 121 cm³/mol. The molecule has 0 aliphatic carbocycles. The van der Waals surface area contributed by atoms with E-state index >= 15 is 0 Å². The van der Waals surface area contributed by atoms with Gasteiger partial charge in [0.05, 0.1) is 5.56 Å². The van der Waals surface area contributed by atoms with Gasteiger partial charge in [-0.1, -0.05) is 43.1 Å². The van der Waals surface area contributed by atoms with Crippen LogP contribution in [-0.2, 0) is 4.79 Å². The van der Waals surface area contributed by atoms with Gasteiger partial charge in [0.2, 0.25) is 0 Å². The highest BCUT2D eigenvalue weighted by Gasteiger charge is 2.22. The van der Waals surface area contributed by atoms with Gasteiger partial charge in [-0.05, 0) is 53.6 Å². The Morgan fingerprint density at radius 3 is 2.58 bits per heavy atom. The molecule has 0 radical (unpaired) electrons. The molecule has 0 aliphatic rings. The predicted octanol–water partition coefficient (Wildman–Crippen LogP) is 6.74. The lowest BCUT2D eigenvalue weighted by Gasteiger charge is -2.07. The van der Waals surface area contributed by atoms with E-state index in [0.29, 0.717) is 34.1 Å². The van der Waals surface area contributed by atoms with Crippen LogP contribution in [0, 0.1) is 0 Å². The molecule has 1 heterocycles. The van der Waals surface area contributed by atoms with Gasteiger partial charge in [0.25, 0.3) is 0 Å². The summed E-state index contributed by atoms with van der Waals surface area (Å²) >= 11 is 6.19. The number of ether oxygens (including phenoxy) is 1. The molecule has 0 spiro atoms. The number of hydrogen-bond donors (Lipinski definition) is 1. The highest BCUT2D eigenvalue weighted by Crippen LogP contribution is 2.37. The summed E-state index contributed by atoms with van der Waals surface area (Å²) in [5, 5.41) is 11.9. The molecule has 6 heteroatoms. The van der Waals surface area contributed by atoms with Crippen LogP contribution in [0.25, 0.3) is 33.1 Å². The van der Waals surface area contributed by atoms with Crippen molar-refractivity contribution in [2.45, 2.75) is 26.2 Å². The molecule has 4 rings (SSSR count). The molecule has 0 atom stereocenters. The molecule has 31 heavy (non-hydrogen) atoms. The van der Waals surface area contributed by atoms with Crippen LogP contribution in [0.2, 0.25) is 5.02 Å². The lowest BCUT2D eigenvalue weighted by atomic mass is 9.97. The number of unbranched alkanes of at least 4 members (excludes halogenated alkanes) is 1. The topological polar surface area (TPSA) is 76.7 Å².